The summed E-state index contributed by atoms with van der Waals surface area (Å²) >= 11 is 0. The Bertz CT molecular complexity index is 3120. The van der Waals surface area contributed by atoms with E-state index in [1.54, 1.807) is 72.8 Å². The largest absolute Gasteiger partial charge is 0.411 e. The fraction of sp³-hybridized carbons (Fsp3) is 0.0476. The van der Waals surface area contributed by atoms with E-state index in [-0.39, 0.29) is 33.4 Å². The Morgan fingerprint density at radius 2 is 0.420 bits per heavy atom. The van der Waals surface area contributed by atoms with E-state index in [1.165, 1.54) is 0 Å². The van der Waals surface area contributed by atoms with Gasteiger partial charge in [0.1, 0.15) is 0 Å². The molecule has 11 rings (SSSR count). The van der Waals surface area contributed by atoms with Crippen LogP contribution in [0.4, 0.5) is 26.3 Å². The molecule has 0 aromatic heterocycles. The van der Waals surface area contributed by atoms with Crippen LogP contribution < -0.4 is 0 Å². The molecule has 0 aliphatic heterocycles. The van der Waals surface area contributed by atoms with E-state index in [9.17, 15) is 0 Å². The van der Waals surface area contributed by atoms with Gasteiger partial charge in [0.25, 0.3) is 0 Å². The van der Waals surface area contributed by atoms with Crippen LogP contribution in [-0.2, 0) is 5.41 Å². The van der Waals surface area contributed by atoms with Gasteiger partial charge in [0.05, 0.1) is 0 Å². The normalized spacial score (nSPS) is 12.9. The molecule has 10 aromatic carbocycles. The summed E-state index contributed by atoms with van der Waals surface area (Å²) in [6.07, 6.45) is -11.7. The van der Waals surface area contributed by atoms with Crippen LogP contribution in [0.5, 0.6) is 0 Å². The minimum Gasteiger partial charge on any atom is -0.169 e. The summed E-state index contributed by atoms with van der Waals surface area (Å²) in [5, 5.41) is 0. The highest BCUT2D eigenvalue weighted by atomic mass is 19.4. The minimum atomic E-state index is -5.85. The second-order valence-corrected chi connectivity index (χ2v) is 17.4. The highest BCUT2D eigenvalue weighted by molar-refractivity contribution is 6.03. The molecule has 0 fully saturated rings. The third-order valence-electron chi connectivity index (χ3n) is 13.3. The molecule has 0 radical (unpaired) electrons. The van der Waals surface area contributed by atoms with E-state index in [4.69, 9.17) is 0 Å². The summed E-state index contributed by atoms with van der Waals surface area (Å²) in [4.78, 5) is 0. The third kappa shape index (κ3) is 7.63. The number of rotatable bonds is 8. The van der Waals surface area contributed by atoms with Gasteiger partial charge >= 0.3 is 12.4 Å². The zero-order valence-corrected chi connectivity index (χ0v) is 36.9. The lowest BCUT2D eigenvalue weighted by molar-refractivity contribution is -0.287. The topological polar surface area (TPSA) is 0 Å². The fourth-order valence-electron chi connectivity index (χ4n) is 10.1. The number of hydrogen-bond donors (Lipinski definition) is 0. The molecule has 0 bridgehead atoms. The Morgan fingerprint density at radius 3 is 0.652 bits per heavy atom. The van der Waals surface area contributed by atoms with Crippen LogP contribution >= 0.6 is 0 Å². The van der Waals surface area contributed by atoms with Gasteiger partial charge in [0, 0.05) is 0 Å². The van der Waals surface area contributed by atoms with Gasteiger partial charge in [-0.25, -0.2) is 0 Å². The summed E-state index contributed by atoms with van der Waals surface area (Å²) in [5.74, 6) is 0. The first-order valence-electron chi connectivity index (χ1n) is 22.6. The van der Waals surface area contributed by atoms with E-state index in [0.717, 1.165) is 56.6 Å². The van der Waals surface area contributed by atoms with E-state index < -0.39 is 28.9 Å². The van der Waals surface area contributed by atoms with E-state index in [2.05, 4.69) is 0 Å². The van der Waals surface area contributed by atoms with Crippen LogP contribution in [0.25, 0.3) is 100 Å². The monoisotopic (exact) mass is 910 g/mol. The van der Waals surface area contributed by atoms with Crippen molar-refractivity contribution in [3.8, 4) is 100 Å². The molecule has 334 valence electrons. The molecule has 0 saturated heterocycles. The molecule has 0 spiro atoms. The van der Waals surface area contributed by atoms with Gasteiger partial charge in [0.15, 0.2) is 0 Å². The second kappa shape index (κ2) is 17.1. The fourth-order valence-corrected chi connectivity index (χ4v) is 10.1. The lowest BCUT2D eigenvalue weighted by Crippen LogP contribution is -2.53. The Morgan fingerprint density at radius 1 is 0.217 bits per heavy atom. The first-order valence-corrected chi connectivity index (χ1v) is 22.6. The predicted octanol–water partition coefficient (Wildman–Crippen LogP) is 18.4. The van der Waals surface area contributed by atoms with E-state index in [1.807, 2.05) is 158 Å². The number of halogens is 6. The maximum Gasteiger partial charge on any atom is 0.411 e. The maximum absolute atomic E-state index is 16.8. The quantitative estimate of drug-likeness (QED) is 0.133. The van der Waals surface area contributed by atoms with Crippen LogP contribution in [-0.4, -0.2) is 12.4 Å². The van der Waals surface area contributed by atoms with Crippen LogP contribution in [0.15, 0.2) is 243 Å². The number of fused-ring (bicyclic) bond motifs is 3. The average Bonchev–Trinajstić information content (AvgIpc) is 3.72. The van der Waals surface area contributed by atoms with Gasteiger partial charge in [-0.3, -0.25) is 0 Å². The summed E-state index contributed by atoms with van der Waals surface area (Å²) in [6, 6.07) is 72.9. The Balaban J connectivity index is 1.26. The van der Waals surface area contributed by atoms with Crippen LogP contribution in [0.2, 0.25) is 0 Å². The third-order valence-corrected chi connectivity index (χ3v) is 13.3. The molecule has 0 atom stereocenters. The molecular formula is C63H40F6. The molecule has 0 heterocycles. The van der Waals surface area contributed by atoms with Crippen molar-refractivity contribution in [2.45, 2.75) is 17.8 Å². The highest BCUT2D eigenvalue weighted by Gasteiger charge is 2.76. The minimum absolute atomic E-state index is 0.106. The molecule has 6 heteroatoms. The van der Waals surface area contributed by atoms with E-state index in [0.29, 0.717) is 22.3 Å². The van der Waals surface area contributed by atoms with Crippen LogP contribution in [0.3, 0.4) is 0 Å². The smallest absolute Gasteiger partial charge is 0.169 e. The lowest BCUT2D eigenvalue weighted by atomic mass is 9.74. The first kappa shape index (κ1) is 43.4. The Hall–Kier alpha value is -8.22. The van der Waals surface area contributed by atoms with Gasteiger partial charge in [-0.15, -0.1) is 0 Å². The molecule has 0 unspecified atom stereocenters. The van der Waals surface area contributed by atoms with E-state index >= 15 is 26.3 Å². The first-order chi connectivity index (χ1) is 33.5. The SMILES string of the molecule is FC(F)(F)C1(C(F)(F)F)c2cc(-c3cc(-c4ccccc4)cc(-c4ccccc4)c3)cc(-c3ccccc3)c2-c2c(-c3ccccc3)cc(-c3cc(-c4ccccc4)cc(-c4ccccc4)c3)cc21. The van der Waals surface area contributed by atoms with Crippen molar-refractivity contribution in [3.63, 3.8) is 0 Å². The molecule has 69 heavy (non-hydrogen) atoms. The van der Waals surface area contributed by atoms with Crippen molar-refractivity contribution in [2.24, 2.45) is 0 Å². The Kier molecular flexibility index (Phi) is 10.8. The summed E-state index contributed by atoms with van der Waals surface area (Å²) < 4.78 is 101. The molecule has 1 aliphatic carbocycles. The van der Waals surface area contributed by atoms with Crippen molar-refractivity contribution in [1.82, 2.24) is 0 Å². The summed E-state index contributed by atoms with van der Waals surface area (Å²) in [6.45, 7) is 0. The van der Waals surface area contributed by atoms with Crippen LogP contribution in [0.1, 0.15) is 11.1 Å². The van der Waals surface area contributed by atoms with Gasteiger partial charge in [-0.2, -0.15) is 26.3 Å². The number of alkyl halides is 6. The molecule has 0 amide bonds. The molecule has 0 nitrogen and oxygen atoms in total. The van der Waals surface area contributed by atoms with Crippen molar-refractivity contribution in [1.29, 1.82) is 0 Å². The van der Waals surface area contributed by atoms with Crippen molar-refractivity contribution in [3.05, 3.63) is 254 Å². The van der Waals surface area contributed by atoms with Crippen molar-refractivity contribution >= 4 is 0 Å². The van der Waals surface area contributed by atoms with Crippen molar-refractivity contribution < 1.29 is 26.3 Å². The summed E-state index contributed by atoms with van der Waals surface area (Å²) in [7, 11) is 0. The highest BCUT2D eigenvalue weighted by Crippen LogP contribution is 2.67. The summed E-state index contributed by atoms with van der Waals surface area (Å²) in [5.41, 5.74) is 2.92. The lowest BCUT2D eigenvalue weighted by Gasteiger charge is -2.36. The zero-order valence-electron chi connectivity index (χ0n) is 36.9. The molecule has 0 saturated carbocycles. The number of benzene rings is 10. The van der Waals surface area contributed by atoms with Crippen molar-refractivity contribution in [2.75, 3.05) is 0 Å². The standard InChI is InChI=1S/C63H40F6/c64-62(65,66)61(63(67,68)69)57-39-53(51-33-47(41-19-7-1-8-20-41)31-48(34-51)42-21-9-2-10-22-42)37-55(45-27-15-5-16-28-45)59(57)60-56(46-29-17-6-18-30-46)38-54(40-58(60)61)52-35-49(43-23-11-3-12-24-43)32-50(36-52)44-25-13-4-14-26-44/h1-40H. The Labute approximate surface area is 396 Å². The molecule has 0 N–H and O–H groups in total. The van der Waals surface area contributed by atoms with Crippen LogP contribution in [0, 0.1) is 0 Å². The number of hydrogen-bond acceptors (Lipinski definition) is 0. The van der Waals surface area contributed by atoms with Gasteiger partial charge in [-0.1, -0.05) is 182 Å². The predicted molar refractivity (Wildman–Crippen MR) is 268 cm³/mol. The van der Waals surface area contributed by atoms with Gasteiger partial charge in [0.2, 0.25) is 5.41 Å². The second-order valence-electron chi connectivity index (χ2n) is 17.4. The molecular weight excluding hydrogens is 871 g/mol. The maximum atomic E-state index is 16.8. The zero-order chi connectivity index (χ0) is 47.3. The molecule has 1 aliphatic rings. The van der Waals surface area contributed by atoms with Gasteiger partial charge < -0.3 is 0 Å². The molecule has 10 aromatic rings. The van der Waals surface area contributed by atoms with Gasteiger partial charge in [-0.05, 0) is 172 Å². The average molecular weight is 911 g/mol.